The van der Waals surface area contributed by atoms with Crippen LogP contribution < -0.4 is 10.6 Å². The molecule has 4 nitrogen and oxygen atoms in total. The van der Waals surface area contributed by atoms with Crippen molar-refractivity contribution in [1.29, 1.82) is 0 Å². The van der Waals surface area contributed by atoms with Gasteiger partial charge in [0.25, 0.3) is 0 Å². The van der Waals surface area contributed by atoms with Crippen molar-refractivity contribution < 1.29 is 9.59 Å². The normalized spacial score (nSPS) is 18.5. The molecule has 0 aromatic heterocycles. The lowest BCUT2D eigenvalue weighted by molar-refractivity contribution is -0.125. The highest BCUT2D eigenvalue weighted by atomic mass is 35.5. The van der Waals surface area contributed by atoms with Gasteiger partial charge in [0.1, 0.15) is 0 Å². The first kappa shape index (κ1) is 18.1. The summed E-state index contributed by atoms with van der Waals surface area (Å²) in [6, 6.07) is 12.1. The SMILES string of the molecule is O=C(NCc1ccc(Cl)cc1)C1CC1C(=O)Nc1ccc(Cl)c(Cl)c1. The predicted octanol–water partition coefficient (Wildman–Crippen LogP) is 4.54. The lowest BCUT2D eigenvalue weighted by atomic mass is 10.2. The lowest BCUT2D eigenvalue weighted by Gasteiger charge is -2.07. The van der Waals surface area contributed by atoms with Crippen molar-refractivity contribution in [3.05, 3.63) is 63.1 Å². The number of hydrogen-bond donors (Lipinski definition) is 2. The zero-order valence-electron chi connectivity index (χ0n) is 13.1. The first-order valence-corrected chi connectivity index (χ1v) is 8.85. The molecule has 0 aliphatic heterocycles. The number of rotatable bonds is 5. The molecule has 1 fully saturated rings. The summed E-state index contributed by atoms with van der Waals surface area (Å²) >= 11 is 17.6. The van der Waals surface area contributed by atoms with Crippen LogP contribution >= 0.6 is 34.8 Å². The lowest BCUT2D eigenvalue weighted by Crippen LogP contribution is -2.27. The van der Waals surface area contributed by atoms with E-state index in [1.54, 1.807) is 30.3 Å². The Bertz CT molecular complexity index is 808. The van der Waals surface area contributed by atoms with Gasteiger partial charge in [-0.1, -0.05) is 46.9 Å². The Hall–Kier alpha value is -1.75. The van der Waals surface area contributed by atoms with Crippen LogP contribution in [0, 0.1) is 11.8 Å². The van der Waals surface area contributed by atoms with Gasteiger partial charge in [-0.15, -0.1) is 0 Å². The fourth-order valence-corrected chi connectivity index (χ4v) is 2.93. The average molecular weight is 398 g/mol. The molecule has 2 N–H and O–H groups in total. The largest absolute Gasteiger partial charge is 0.352 e. The molecule has 0 bridgehead atoms. The second-order valence-electron chi connectivity index (χ2n) is 5.91. The molecule has 0 radical (unpaired) electrons. The number of carbonyl (C=O) groups excluding carboxylic acids is 2. The Labute approximate surface area is 160 Å². The molecule has 130 valence electrons. The quantitative estimate of drug-likeness (QED) is 0.778. The molecule has 2 aromatic carbocycles. The van der Waals surface area contributed by atoms with Crippen LogP contribution in [0.5, 0.6) is 0 Å². The van der Waals surface area contributed by atoms with E-state index in [1.165, 1.54) is 0 Å². The molecular weight excluding hydrogens is 383 g/mol. The maximum absolute atomic E-state index is 12.2. The Morgan fingerprint density at radius 3 is 2.28 bits per heavy atom. The highest BCUT2D eigenvalue weighted by Crippen LogP contribution is 2.39. The minimum atomic E-state index is -0.320. The van der Waals surface area contributed by atoms with Crippen molar-refractivity contribution in [2.75, 3.05) is 5.32 Å². The number of benzene rings is 2. The van der Waals surface area contributed by atoms with Crippen LogP contribution in [0.15, 0.2) is 42.5 Å². The highest BCUT2D eigenvalue weighted by molar-refractivity contribution is 6.42. The van der Waals surface area contributed by atoms with Gasteiger partial charge in [-0.25, -0.2) is 0 Å². The van der Waals surface area contributed by atoms with Gasteiger partial charge in [0.05, 0.1) is 21.9 Å². The average Bonchev–Trinajstić information content (AvgIpc) is 3.38. The summed E-state index contributed by atoms with van der Waals surface area (Å²) in [5.41, 5.74) is 1.52. The van der Waals surface area contributed by atoms with Crippen LogP contribution in [0.1, 0.15) is 12.0 Å². The van der Waals surface area contributed by atoms with E-state index in [1.807, 2.05) is 12.1 Å². The number of halogens is 3. The number of carbonyl (C=O) groups is 2. The molecule has 0 spiro atoms. The van der Waals surface area contributed by atoms with Gasteiger partial charge in [0.15, 0.2) is 0 Å². The van der Waals surface area contributed by atoms with E-state index in [4.69, 9.17) is 34.8 Å². The number of anilines is 1. The fourth-order valence-electron chi connectivity index (χ4n) is 2.51. The second kappa shape index (κ2) is 7.65. The maximum Gasteiger partial charge on any atom is 0.228 e. The molecule has 2 unspecified atom stereocenters. The number of amides is 2. The monoisotopic (exact) mass is 396 g/mol. The zero-order chi connectivity index (χ0) is 18.0. The van der Waals surface area contributed by atoms with Crippen LogP contribution in [0.2, 0.25) is 15.1 Å². The molecule has 0 heterocycles. The summed E-state index contributed by atoms with van der Waals surface area (Å²) < 4.78 is 0. The minimum Gasteiger partial charge on any atom is -0.352 e. The fraction of sp³-hybridized carbons (Fsp3) is 0.222. The Morgan fingerprint density at radius 2 is 1.60 bits per heavy atom. The molecule has 1 aliphatic carbocycles. The molecule has 2 atom stereocenters. The summed E-state index contributed by atoms with van der Waals surface area (Å²) in [4.78, 5) is 24.4. The van der Waals surface area contributed by atoms with Gasteiger partial charge in [0.2, 0.25) is 11.8 Å². The topological polar surface area (TPSA) is 58.2 Å². The van der Waals surface area contributed by atoms with Crippen molar-refractivity contribution >= 4 is 52.3 Å². The van der Waals surface area contributed by atoms with Gasteiger partial charge in [0, 0.05) is 17.3 Å². The van der Waals surface area contributed by atoms with Gasteiger partial charge in [-0.3, -0.25) is 9.59 Å². The first-order valence-electron chi connectivity index (χ1n) is 7.72. The van der Waals surface area contributed by atoms with Crippen LogP contribution in [-0.4, -0.2) is 11.8 Å². The number of hydrogen-bond acceptors (Lipinski definition) is 2. The van der Waals surface area contributed by atoms with Gasteiger partial charge in [-0.05, 0) is 42.3 Å². The highest BCUT2D eigenvalue weighted by Gasteiger charge is 2.47. The summed E-state index contributed by atoms with van der Waals surface area (Å²) in [6.07, 6.45) is 0.541. The third-order valence-corrected chi connectivity index (χ3v) is 5.02. The third kappa shape index (κ3) is 4.66. The van der Waals surface area contributed by atoms with Crippen molar-refractivity contribution in [2.45, 2.75) is 13.0 Å². The Balaban J connectivity index is 1.49. The zero-order valence-corrected chi connectivity index (χ0v) is 15.3. The third-order valence-electron chi connectivity index (χ3n) is 4.03. The van der Waals surface area contributed by atoms with E-state index >= 15 is 0 Å². The maximum atomic E-state index is 12.2. The van der Waals surface area contributed by atoms with E-state index in [2.05, 4.69) is 10.6 Å². The summed E-state index contributed by atoms with van der Waals surface area (Å²) in [6.45, 7) is 0.410. The van der Waals surface area contributed by atoms with Crippen molar-refractivity contribution in [1.82, 2.24) is 5.32 Å². The molecule has 3 rings (SSSR count). The molecule has 2 aromatic rings. The van der Waals surface area contributed by atoms with Crippen molar-refractivity contribution in [3.63, 3.8) is 0 Å². The van der Waals surface area contributed by atoms with Crippen LogP contribution in [0.3, 0.4) is 0 Å². The molecular formula is C18H15Cl3N2O2. The summed E-state index contributed by atoms with van der Waals surface area (Å²) in [5.74, 6) is -0.927. The van der Waals surface area contributed by atoms with E-state index in [9.17, 15) is 9.59 Å². The molecule has 1 aliphatic rings. The molecule has 1 saturated carbocycles. The van der Waals surface area contributed by atoms with Crippen molar-refractivity contribution in [2.24, 2.45) is 11.8 Å². The molecule has 0 saturated heterocycles. The summed E-state index contributed by atoms with van der Waals surface area (Å²) in [5, 5.41) is 7.04. The Kier molecular flexibility index (Phi) is 5.52. The van der Waals surface area contributed by atoms with E-state index < -0.39 is 0 Å². The number of nitrogens with one attached hydrogen (secondary N) is 2. The second-order valence-corrected chi connectivity index (χ2v) is 7.16. The van der Waals surface area contributed by atoms with Gasteiger partial charge >= 0.3 is 0 Å². The van der Waals surface area contributed by atoms with Crippen LogP contribution in [0.4, 0.5) is 5.69 Å². The minimum absolute atomic E-state index is 0.121. The van der Waals surface area contributed by atoms with E-state index in [-0.39, 0.29) is 23.7 Å². The van der Waals surface area contributed by atoms with Crippen LogP contribution in [-0.2, 0) is 16.1 Å². The van der Waals surface area contributed by atoms with Gasteiger partial charge < -0.3 is 10.6 Å². The standard InChI is InChI=1S/C18H15Cl3N2O2/c19-11-3-1-10(2-4-11)9-22-17(24)13-8-14(13)18(25)23-12-5-6-15(20)16(21)7-12/h1-7,13-14H,8-9H2,(H,22,24)(H,23,25). The molecule has 2 amide bonds. The van der Waals surface area contributed by atoms with Gasteiger partial charge in [-0.2, -0.15) is 0 Å². The Morgan fingerprint density at radius 1 is 0.920 bits per heavy atom. The molecule has 25 heavy (non-hydrogen) atoms. The smallest absolute Gasteiger partial charge is 0.228 e. The van der Waals surface area contributed by atoms with E-state index in [0.29, 0.717) is 33.7 Å². The summed E-state index contributed by atoms with van der Waals surface area (Å²) in [7, 11) is 0. The van der Waals surface area contributed by atoms with Crippen LogP contribution in [0.25, 0.3) is 0 Å². The first-order chi connectivity index (χ1) is 11.9. The van der Waals surface area contributed by atoms with E-state index in [0.717, 1.165) is 5.56 Å². The molecule has 7 heteroatoms. The predicted molar refractivity (Wildman–Crippen MR) is 100.0 cm³/mol. The van der Waals surface area contributed by atoms with Crippen molar-refractivity contribution in [3.8, 4) is 0 Å².